The predicted molar refractivity (Wildman–Crippen MR) is 87.9 cm³/mol. The van der Waals surface area contributed by atoms with Gasteiger partial charge < -0.3 is 4.74 Å². The third-order valence-electron chi connectivity index (χ3n) is 3.33. The van der Waals surface area contributed by atoms with Gasteiger partial charge in [-0.1, -0.05) is 30.3 Å². The Labute approximate surface area is 139 Å². The molecule has 0 aliphatic heterocycles. The van der Waals surface area contributed by atoms with Gasteiger partial charge in [-0.3, -0.25) is 20.4 Å². The number of amides is 2. The van der Waals surface area contributed by atoms with Crippen LogP contribution < -0.4 is 15.6 Å². The van der Waals surface area contributed by atoms with Crippen LogP contribution in [-0.2, 0) is 11.2 Å². The van der Waals surface area contributed by atoms with Crippen molar-refractivity contribution in [3.63, 3.8) is 0 Å². The summed E-state index contributed by atoms with van der Waals surface area (Å²) in [6, 6.07) is 13.0. The second-order valence-corrected chi connectivity index (χ2v) is 5.02. The smallest absolute Gasteiger partial charge is 0.272 e. The molecule has 0 fully saturated rings. The summed E-state index contributed by atoms with van der Waals surface area (Å²) in [5.41, 5.74) is 5.28. The van der Waals surface area contributed by atoms with E-state index in [1.807, 2.05) is 31.2 Å². The van der Waals surface area contributed by atoms with Crippen LogP contribution in [0.4, 0.5) is 4.39 Å². The minimum absolute atomic E-state index is 0.125. The van der Waals surface area contributed by atoms with Crippen LogP contribution >= 0.6 is 0 Å². The van der Waals surface area contributed by atoms with Gasteiger partial charge >= 0.3 is 0 Å². The lowest BCUT2D eigenvalue weighted by Gasteiger charge is -2.10. The van der Waals surface area contributed by atoms with Crippen molar-refractivity contribution in [2.24, 2.45) is 0 Å². The number of hydrogen-bond acceptors (Lipinski definition) is 3. The summed E-state index contributed by atoms with van der Waals surface area (Å²) in [6.45, 7) is 2.43. The molecule has 24 heavy (non-hydrogen) atoms. The molecule has 126 valence electrons. The fourth-order valence-electron chi connectivity index (χ4n) is 2.16. The standard InChI is InChI=1S/C18H19FN2O3/c1-2-24-16-10-6-3-7-13(16)11-12-17(22)20-21-18(23)14-8-4-5-9-15(14)19/h3-10H,2,11-12H2,1H3,(H,20,22)(H,21,23). The molecule has 2 rings (SSSR count). The van der Waals surface area contributed by atoms with Gasteiger partial charge in [0.15, 0.2) is 0 Å². The van der Waals surface area contributed by atoms with Crippen LogP contribution in [-0.4, -0.2) is 18.4 Å². The number of rotatable bonds is 6. The van der Waals surface area contributed by atoms with E-state index in [1.54, 1.807) is 6.07 Å². The Balaban J connectivity index is 1.84. The summed E-state index contributed by atoms with van der Waals surface area (Å²) in [5.74, 6) is -0.972. The van der Waals surface area contributed by atoms with Crippen molar-refractivity contribution in [3.8, 4) is 5.75 Å². The molecule has 0 radical (unpaired) electrons. The molecule has 0 heterocycles. The molecule has 2 N–H and O–H groups in total. The van der Waals surface area contributed by atoms with Crippen LogP contribution in [0.1, 0.15) is 29.3 Å². The van der Waals surface area contributed by atoms with Crippen LogP contribution in [0.2, 0.25) is 0 Å². The van der Waals surface area contributed by atoms with Crippen LogP contribution in [0, 0.1) is 5.82 Å². The van der Waals surface area contributed by atoms with Crippen molar-refractivity contribution in [2.75, 3.05) is 6.61 Å². The Morgan fingerprint density at radius 2 is 1.75 bits per heavy atom. The van der Waals surface area contributed by atoms with Gasteiger partial charge in [0.2, 0.25) is 5.91 Å². The number of nitrogens with one attached hydrogen (secondary N) is 2. The number of carbonyl (C=O) groups is 2. The average Bonchev–Trinajstić information content (AvgIpc) is 2.59. The molecule has 2 aromatic carbocycles. The minimum Gasteiger partial charge on any atom is -0.494 e. The largest absolute Gasteiger partial charge is 0.494 e. The summed E-state index contributed by atoms with van der Waals surface area (Å²) in [7, 11) is 0. The van der Waals surface area contributed by atoms with E-state index in [0.717, 1.165) is 11.3 Å². The normalized spacial score (nSPS) is 10.1. The fraction of sp³-hybridized carbons (Fsp3) is 0.222. The van der Waals surface area contributed by atoms with E-state index in [4.69, 9.17) is 4.74 Å². The van der Waals surface area contributed by atoms with Gasteiger partial charge in [0.25, 0.3) is 5.91 Å². The van der Waals surface area contributed by atoms with Gasteiger partial charge in [0.05, 0.1) is 12.2 Å². The van der Waals surface area contributed by atoms with E-state index in [2.05, 4.69) is 10.9 Å². The third-order valence-corrected chi connectivity index (χ3v) is 3.33. The van der Waals surface area contributed by atoms with Crippen molar-refractivity contribution < 1.29 is 18.7 Å². The highest BCUT2D eigenvalue weighted by Gasteiger charge is 2.12. The summed E-state index contributed by atoms with van der Waals surface area (Å²) in [5, 5.41) is 0. The molecule has 0 aliphatic rings. The maximum Gasteiger partial charge on any atom is 0.272 e. The zero-order valence-corrected chi connectivity index (χ0v) is 13.3. The Kier molecular flexibility index (Phi) is 6.31. The van der Waals surface area contributed by atoms with Gasteiger partial charge in [-0.25, -0.2) is 4.39 Å². The molecule has 0 unspecified atom stereocenters. The molecule has 2 amide bonds. The highest BCUT2D eigenvalue weighted by molar-refractivity contribution is 5.95. The topological polar surface area (TPSA) is 67.4 Å². The van der Waals surface area contributed by atoms with Gasteiger partial charge in [-0.2, -0.15) is 0 Å². The molecule has 0 saturated carbocycles. The molecule has 0 bridgehead atoms. The maximum absolute atomic E-state index is 13.5. The number of para-hydroxylation sites is 1. The van der Waals surface area contributed by atoms with Crippen molar-refractivity contribution in [3.05, 3.63) is 65.5 Å². The number of hydrazine groups is 1. The predicted octanol–water partition coefficient (Wildman–Crippen LogP) is 2.62. The Morgan fingerprint density at radius 3 is 2.50 bits per heavy atom. The quantitative estimate of drug-likeness (QED) is 0.800. The number of ether oxygens (including phenoxy) is 1. The van der Waals surface area contributed by atoms with E-state index >= 15 is 0 Å². The van der Waals surface area contributed by atoms with Gasteiger partial charge in [-0.15, -0.1) is 0 Å². The zero-order valence-electron chi connectivity index (χ0n) is 13.3. The first-order valence-corrected chi connectivity index (χ1v) is 7.66. The van der Waals surface area contributed by atoms with Gasteiger partial charge in [0, 0.05) is 6.42 Å². The second kappa shape index (κ2) is 8.67. The number of hydrogen-bond donors (Lipinski definition) is 2. The zero-order chi connectivity index (χ0) is 17.4. The summed E-state index contributed by atoms with van der Waals surface area (Å²) >= 11 is 0. The van der Waals surface area contributed by atoms with Crippen LogP contribution in [0.5, 0.6) is 5.75 Å². The van der Waals surface area contributed by atoms with E-state index in [1.165, 1.54) is 18.2 Å². The molecule has 6 heteroatoms. The lowest BCUT2D eigenvalue weighted by Crippen LogP contribution is -2.42. The van der Waals surface area contributed by atoms with Crippen molar-refractivity contribution in [2.45, 2.75) is 19.8 Å². The van der Waals surface area contributed by atoms with Gasteiger partial charge in [-0.05, 0) is 37.1 Å². The number of carbonyl (C=O) groups excluding carboxylic acids is 2. The molecule has 0 saturated heterocycles. The average molecular weight is 330 g/mol. The Morgan fingerprint density at radius 1 is 1.04 bits per heavy atom. The molecule has 0 atom stereocenters. The SMILES string of the molecule is CCOc1ccccc1CCC(=O)NNC(=O)c1ccccc1F. The summed E-state index contributed by atoms with van der Waals surface area (Å²) in [4.78, 5) is 23.6. The first-order valence-electron chi connectivity index (χ1n) is 7.66. The van der Waals surface area contributed by atoms with E-state index in [0.29, 0.717) is 13.0 Å². The maximum atomic E-state index is 13.5. The Hall–Kier alpha value is -2.89. The van der Waals surface area contributed by atoms with E-state index in [-0.39, 0.29) is 17.9 Å². The molecule has 5 nitrogen and oxygen atoms in total. The summed E-state index contributed by atoms with van der Waals surface area (Å²) < 4.78 is 19.0. The monoisotopic (exact) mass is 330 g/mol. The third kappa shape index (κ3) is 4.81. The van der Waals surface area contributed by atoms with Crippen molar-refractivity contribution >= 4 is 11.8 Å². The van der Waals surface area contributed by atoms with E-state index < -0.39 is 11.7 Å². The molecule has 0 aliphatic carbocycles. The van der Waals surface area contributed by atoms with Crippen molar-refractivity contribution in [1.29, 1.82) is 0 Å². The van der Waals surface area contributed by atoms with Crippen molar-refractivity contribution in [1.82, 2.24) is 10.9 Å². The fourth-order valence-corrected chi connectivity index (χ4v) is 2.16. The number of halogens is 1. The first kappa shape index (κ1) is 17.5. The van der Waals surface area contributed by atoms with E-state index in [9.17, 15) is 14.0 Å². The first-order chi connectivity index (χ1) is 11.6. The lowest BCUT2D eigenvalue weighted by molar-refractivity contribution is -0.121. The highest BCUT2D eigenvalue weighted by atomic mass is 19.1. The second-order valence-electron chi connectivity index (χ2n) is 5.02. The molecular weight excluding hydrogens is 311 g/mol. The van der Waals surface area contributed by atoms with Crippen LogP contribution in [0.15, 0.2) is 48.5 Å². The molecule has 2 aromatic rings. The van der Waals surface area contributed by atoms with Gasteiger partial charge in [0.1, 0.15) is 11.6 Å². The molecule has 0 aromatic heterocycles. The van der Waals surface area contributed by atoms with Crippen LogP contribution in [0.25, 0.3) is 0 Å². The number of aryl methyl sites for hydroxylation is 1. The number of benzene rings is 2. The van der Waals surface area contributed by atoms with Crippen LogP contribution in [0.3, 0.4) is 0 Å². The highest BCUT2D eigenvalue weighted by Crippen LogP contribution is 2.19. The minimum atomic E-state index is -0.698. The summed E-state index contributed by atoms with van der Waals surface area (Å²) in [6.07, 6.45) is 0.638. The lowest BCUT2D eigenvalue weighted by atomic mass is 10.1. The Bertz CT molecular complexity index is 719. The molecular formula is C18H19FN2O3. The molecule has 0 spiro atoms.